The quantitative estimate of drug-likeness (QED) is 0.571. The van der Waals surface area contributed by atoms with Crippen LogP contribution in [0, 0.1) is 11.7 Å². The fraction of sp³-hybridized carbons (Fsp3) is 0.474. The molecule has 1 aromatic carbocycles. The standard InChI is InChI=1S/C19H28FN5/c1-4-21-19(23-10-9-16-5-7-17(20)8-6-16)24-13-18-22-11-12-25(18)14-15(2)3/h5-8,11-12,15H,4,9-10,13-14H2,1-3H3,(H2,21,23,24). The second-order valence-corrected chi connectivity index (χ2v) is 6.39. The number of imidazole rings is 1. The number of aromatic nitrogens is 2. The van der Waals surface area contributed by atoms with Crippen molar-refractivity contribution < 1.29 is 4.39 Å². The van der Waals surface area contributed by atoms with E-state index in [4.69, 9.17) is 0 Å². The molecule has 2 aromatic rings. The monoisotopic (exact) mass is 345 g/mol. The van der Waals surface area contributed by atoms with E-state index in [0.29, 0.717) is 12.5 Å². The predicted molar refractivity (Wildman–Crippen MR) is 100.0 cm³/mol. The highest BCUT2D eigenvalue weighted by Crippen LogP contribution is 2.05. The molecule has 0 saturated heterocycles. The number of hydrogen-bond donors (Lipinski definition) is 2. The molecule has 136 valence electrons. The van der Waals surface area contributed by atoms with Gasteiger partial charge in [-0.15, -0.1) is 0 Å². The van der Waals surface area contributed by atoms with Crippen LogP contribution in [0.4, 0.5) is 4.39 Å². The van der Waals surface area contributed by atoms with Crippen LogP contribution in [0.25, 0.3) is 0 Å². The average molecular weight is 345 g/mol. The molecule has 1 heterocycles. The highest BCUT2D eigenvalue weighted by atomic mass is 19.1. The van der Waals surface area contributed by atoms with Crippen LogP contribution < -0.4 is 10.6 Å². The lowest BCUT2D eigenvalue weighted by molar-refractivity contribution is 0.507. The summed E-state index contributed by atoms with van der Waals surface area (Å²) in [4.78, 5) is 9.02. The maximum absolute atomic E-state index is 12.9. The van der Waals surface area contributed by atoms with Crippen molar-refractivity contribution in [3.8, 4) is 0 Å². The Bertz CT molecular complexity index is 661. The van der Waals surface area contributed by atoms with Gasteiger partial charge >= 0.3 is 0 Å². The molecule has 0 spiro atoms. The molecule has 0 bridgehead atoms. The molecule has 0 aliphatic heterocycles. The van der Waals surface area contributed by atoms with E-state index in [0.717, 1.165) is 43.4 Å². The Hall–Kier alpha value is -2.37. The first-order valence-electron chi connectivity index (χ1n) is 8.85. The number of guanidine groups is 1. The molecule has 0 aliphatic rings. The lowest BCUT2D eigenvalue weighted by atomic mass is 10.1. The summed E-state index contributed by atoms with van der Waals surface area (Å²) < 4.78 is 15.1. The Balaban J connectivity index is 1.89. The summed E-state index contributed by atoms with van der Waals surface area (Å²) in [5.41, 5.74) is 1.09. The van der Waals surface area contributed by atoms with E-state index in [-0.39, 0.29) is 5.82 Å². The lowest BCUT2D eigenvalue weighted by Crippen LogP contribution is -2.38. The van der Waals surface area contributed by atoms with Crippen LogP contribution in [0.3, 0.4) is 0 Å². The summed E-state index contributed by atoms with van der Waals surface area (Å²) in [6, 6.07) is 6.60. The van der Waals surface area contributed by atoms with E-state index in [1.54, 1.807) is 0 Å². The Kier molecular flexibility index (Phi) is 7.44. The Morgan fingerprint density at radius 2 is 2.00 bits per heavy atom. The van der Waals surface area contributed by atoms with Crippen molar-refractivity contribution in [2.75, 3.05) is 13.1 Å². The first-order chi connectivity index (χ1) is 12.1. The average Bonchev–Trinajstić information content (AvgIpc) is 3.01. The summed E-state index contributed by atoms with van der Waals surface area (Å²) in [7, 11) is 0. The van der Waals surface area contributed by atoms with Gasteiger partial charge in [0.1, 0.15) is 18.2 Å². The highest BCUT2D eigenvalue weighted by molar-refractivity contribution is 5.79. The van der Waals surface area contributed by atoms with Crippen LogP contribution in [-0.4, -0.2) is 28.6 Å². The topological polar surface area (TPSA) is 54.2 Å². The Morgan fingerprint density at radius 3 is 2.68 bits per heavy atom. The van der Waals surface area contributed by atoms with Crippen LogP contribution in [0.1, 0.15) is 32.2 Å². The largest absolute Gasteiger partial charge is 0.357 e. The number of nitrogens with one attached hydrogen (secondary N) is 2. The number of rotatable bonds is 8. The zero-order chi connectivity index (χ0) is 18.1. The van der Waals surface area contributed by atoms with Gasteiger partial charge in [0.05, 0.1) is 0 Å². The zero-order valence-electron chi connectivity index (χ0n) is 15.3. The normalized spacial score (nSPS) is 11.8. The molecule has 2 N–H and O–H groups in total. The van der Waals surface area contributed by atoms with Gasteiger partial charge in [-0.3, -0.25) is 0 Å². The number of hydrogen-bond acceptors (Lipinski definition) is 2. The van der Waals surface area contributed by atoms with E-state index < -0.39 is 0 Å². The molecule has 1 aromatic heterocycles. The minimum absolute atomic E-state index is 0.205. The van der Waals surface area contributed by atoms with Gasteiger partial charge in [-0.2, -0.15) is 0 Å². The highest BCUT2D eigenvalue weighted by Gasteiger charge is 2.05. The molecule has 0 saturated carbocycles. The summed E-state index contributed by atoms with van der Waals surface area (Å²) >= 11 is 0. The van der Waals surface area contributed by atoms with Crippen LogP contribution >= 0.6 is 0 Å². The number of nitrogens with zero attached hydrogens (tertiary/aromatic N) is 3. The minimum atomic E-state index is -0.205. The Labute approximate surface area is 149 Å². The van der Waals surface area contributed by atoms with Gasteiger partial charge in [-0.25, -0.2) is 14.4 Å². The van der Waals surface area contributed by atoms with Gasteiger partial charge in [0.2, 0.25) is 0 Å². The second kappa shape index (κ2) is 9.81. The van der Waals surface area contributed by atoms with Crippen molar-refractivity contribution in [2.45, 2.75) is 40.3 Å². The number of benzene rings is 1. The maximum Gasteiger partial charge on any atom is 0.191 e. The molecule has 0 fully saturated rings. The number of aliphatic imine (C=N–C) groups is 1. The van der Waals surface area contributed by atoms with Crippen LogP contribution in [-0.2, 0) is 19.5 Å². The van der Waals surface area contributed by atoms with Crippen molar-refractivity contribution in [3.05, 3.63) is 53.9 Å². The van der Waals surface area contributed by atoms with Crippen LogP contribution in [0.5, 0.6) is 0 Å². The van der Waals surface area contributed by atoms with E-state index in [1.165, 1.54) is 12.1 Å². The minimum Gasteiger partial charge on any atom is -0.357 e. The van der Waals surface area contributed by atoms with Gasteiger partial charge in [0, 0.05) is 32.0 Å². The summed E-state index contributed by atoms with van der Waals surface area (Å²) in [6.07, 6.45) is 4.63. The molecule has 0 aliphatic carbocycles. The smallest absolute Gasteiger partial charge is 0.191 e. The zero-order valence-corrected chi connectivity index (χ0v) is 15.3. The summed E-state index contributed by atoms with van der Waals surface area (Å²) in [6.45, 7) is 9.42. The summed E-state index contributed by atoms with van der Waals surface area (Å²) in [5.74, 6) is 2.09. The van der Waals surface area contributed by atoms with E-state index in [2.05, 4.69) is 39.0 Å². The van der Waals surface area contributed by atoms with Gasteiger partial charge in [0.25, 0.3) is 0 Å². The lowest BCUT2D eigenvalue weighted by Gasteiger charge is -2.12. The fourth-order valence-corrected chi connectivity index (χ4v) is 2.52. The Morgan fingerprint density at radius 1 is 1.24 bits per heavy atom. The van der Waals surface area contributed by atoms with E-state index >= 15 is 0 Å². The van der Waals surface area contributed by atoms with Gasteiger partial charge < -0.3 is 15.2 Å². The summed E-state index contributed by atoms with van der Waals surface area (Å²) in [5, 5.41) is 6.56. The van der Waals surface area contributed by atoms with Crippen molar-refractivity contribution in [3.63, 3.8) is 0 Å². The molecular formula is C19H28FN5. The molecule has 0 radical (unpaired) electrons. The third-order valence-electron chi connectivity index (χ3n) is 3.71. The number of halogens is 1. The second-order valence-electron chi connectivity index (χ2n) is 6.39. The molecule has 5 nitrogen and oxygen atoms in total. The molecule has 0 atom stereocenters. The van der Waals surface area contributed by atoms with Gasteiger partial charge in [-0.1, -0.05) is 26.0 Å². The molecule has 25 heavy (non-hydrogen) atoms. The van der Waals surface area contributed by atoms with Gasteiger partial charge in [0.15, 0.2) is 5.96 Å². The predicted octanol–water partition coefficient (Wildman–Crippen LogP) is 2.98. The van der Waals surface area contributed by atoms with E-state index in [9.17, 15) is 4.39 Å². The van der Waals surface area contributed by atoms with Crippen molar-refractivity contribution in [1.82, 2.24) is 20.2 Å². The van der Waals surface area contributed by atoms with Crippen LogP contribution in [0.2, 0.25) is 0 Å². The molecular weight excluding hydrogens is 317 g/mol. The van der Waals surface area contributed by atoms with Crippen molar-refractivity contribution in [1.29, 1.82) is 0 Å². The maximum atomic E-state index is 12.9. The first kappa shape index (κ1) is 19.0. The third-order valence-corrected chi connectivity index (χ3v) is 3.71. The SMILES string of the molecule is CCNC(=NCc1nccn1CC(C)C)NCCc1ccc(F)cc1. The molecule has 0 unspecified atom stereocenters. The first-order valence-corrected chi connectivity index (χ1v) is 8.85. The van der Waals surface area contributed by atoms with Crippen molar-refractivity contribution >= 4 is 5.96 Å². The van der Waals surface area contributed by atoms with Gasteiger partial charge in [-0.05, 0) is 37.0 Å². The van der Waals surface area contributed by atoms with Crippen LogP contribution in [0.15, 0.2) is 41.7 Å². The third kappa shape index (κ3) is 6.57. The van der Waals surface area contributed by atoms with E-state index in [1.807, 2.05) is 31.5 Å². The van der Waals surface area contributed by atoms with Crippen molar-refractivity contribution in [2.24, 2.45) is 10.9 Å². The molecule has 2 rings (SSSR count). The molecule has 6 heteroatoms. The fourth-order valence-electron chi connectivity index (χ4n) is 2.52. The molecule has 0 amide bonds.